The standard InChI is InChI=1S/C7H18N.CH3/c1-5-8(4,6-2)7-3;/h5-7H2,1-4H3;1H3/q+1;. The number of hydrogen-bond donors (Lipinski definition) is 0. The van der Waals surface area contributed by atoms with Gasteiger partial charge in [-0.25, -0.2) is 0 Å². The van der Waals surface area contributed by atoms with Crippen LogP contribution in [0.4, 0.5) is 0 Å². The molecule has 0 aromatic carbocycles. The van der Waals surface area contributed by atoms with Gasteiger partial charge in [-0.05, 0) is 20.8 Å². The Balaban J connectivity index is 0. The second-order valence-corrected chi connectivity index (χ2v) is 2.57. The number of rotatable bonds is 3. The second kappa shape index (κ2) is 4.80. The van der Waals surface area contributed by atoms with Crippen molar-refractivity contribution in [3.8, 4) is 0 Å². The van der Waals surface area contributed by atoms with Crippen LogP contribution in [0, 0.1) is 7.43 Å². The van der Waals surface area contributed by atoms with Crippen LogP contribution in [0.25, 0.3) is 0 Å². The topological polar surface area (TPSA) is 0 Å². The van der Waals surface area contributed by atoms with Gasteiger partial charge in [0.25, 0.3) is 0 Å². The molecule has 1 radical (unpaired) electrons. The molecule has 0 saturated heterocycles. The van der Waals surface area contributed by atoms with E-state index in [1.165, 1.54) is 24.1 Å². The average Bonchev–Trinajstić information content (AvgIpc) is 1.87. The molecule has 0 aliphatic heterocycles. The smallest absolute Gasteiger partial charge is 0.0755 e. The van der Waals surface area contributed by atoms with Crippen molar-refractivity contribution in [3.63, 3.8) is 0 Å². The molecule has 0 aliphatic carbocycles. The molecule has 0 rings (SSSR count). The van der Waals surface area contributed by atoms with Gasteiger partial charge in [-0.1, -0.05) is 7.43 Å². The van der Waals surface area contributed by atoms with E-state index in [2.05, 4.69) is 27.8 Å². The monoisotopic (exact) mass is 131 g/mol. The van der Waals surface area contributed by atoms with Gasteiger partial charge in [0, 0.05) is 0 Å². The number of hydrogen-bond acceptors (Lipinski definition) is 0. The lowest BCUT2D eigenvalue weighted by Gasteiger charge is -2.30. The average molecular weight is 131 g/mol. The summed E-state index contributed by atoms with van der Waals surface area (Å²) in [6, 6.07) is 0. The lowest BCUT2D eigenvalue weighted by Crippen LogP contribution is -2.42. The summed E-state index contributed by atoms with van der Waals surface area (Å²) in [4.78, 5) is 0. The van der Waals surface area contributed by atoms with Crippen molar-refractivity contribution >= 4 is 0 Å². The summed E-state index contributed by atoms with van der Waals surface area (Å²) in [5.74, 6) is 0. The van der Waals surface area contributed by atoms with Gasteiger partial charge >= 0.3 is 0 Å². The predicted molar refractivity (Wildman–Crippen MR) is 44.2 cm³/mol. The predicted octanol–water partition coefficient (Wildman–Crippen LogP) is 1.94. The molecule has 9 heavy (non-hydrogen) atoms. The normalized spacial score (nSPS) is 10.7. The van der Waals surface area contributed by atoms with Crippen molar-refractivity contribution in [3.05, 3.63) is 7.43 Å². The van der Waals surface area contributed by atoms with Crippen molar-refractivity contribution in [2.75, 3.05) is 26.7 Å². The van der Waals surface area contributed by atoms with E-state index in [1.54, 1.807) is 0 Å². The molecule has 0 fully saturated rings. The Morgan fingerprint density at radius 2 is 1.11 bits per heavy atom. The number of nitrogens with zero attached hydrogens (tertiary/aromatic N) is 1. The Hall–Kier alpha value is -0.0400. The SMILES string of the molecule is CC[N+](C)(CC)CC.[CH3]. The quantitative estimate of drug-likeness (QED) is 0.513. The first kappa shape index (κ1) is 11.7. The maximum atomic E-state index is 2.29. The molecule has 0 aliphatic rings. The third kappa shape index (κ3) is 3.52. The summed E-state index contributed by atoms with van der Waals surface area (Å²) >= 11 is 0. The highest BCUT2D eigenvalue weighted by Gasteiger charge is 2.10. The fourth-order valence-corrected chi connectivity index (χ4v) is 0.671. The number of quaternary nitrogens is 1. The lowest BCUT2D eigenvalue weighted by molar-refractivity contribution is -0.904. The van der Waals surface area contributed by atoms with Gasteiger partial charge in [0.2, 0.25) is 0 Å². The van der Waals surface area contributed by atoms with Crippen molar-refractivity contribution in [2.45, 2.75) is 20.8 Å². The molecular formula is C8H21N+. The molecule has 0 aromatic heterocycles. The van der Waals surface area contributed by atoms with Gasteiger partial charge in [-0.15, -0.1) is 0 Å². The Morgan fingerprint density at radius 3 is 1.11 bits per heavy atom. The minimum absolute atomic E-state index is 0. The zero-order valence-electron chi connectivity index (χ0n) is 7.57. The van der Waals surface area contributed by atoms with Crippen LogP contribution in [0.2, 0.25) is 0 Å². The molecule has 0 saturated carbocycles. The minimum atomic E-state index is 0. The van der Waals surface area contributed by atoms with Gasteiger partial charge in [-0.2, -0.15) is 0 Å². The molecule has 0 aromatic rings. The first-order valence-electron chi connectivity index (χ1n) is 3.52. The highest BCUT2D eigenvalue weighted by Crippen LogP contribution is 1.97. The highest BCUT2D eigenvalue weighted by atomic mass is 15.3. The van der Waals surface area contributed by atoms with Crippen LogP contribution in [-0.2, 0) is 0 Å². The van der Waals surface area contributed by atoms with Crippen LogP contribution in [0.5, 0.6) is 0 Å². The molecule has 0 unspecified atom stereocenters. The van der Waals surface area contributed by atoms with Crippen LogP contribution >= 0.6 is 0 Å². The van der Waals surface area contributed by atoms with Crippen LogP contribution in [0.1, 0.15) is 20.8 Å². The van der Waals surface area contributed by atoms with Gasteiger partial charge in [0.05, 0.1) is 26.7 Å². The first-order valence-corrected chi connectivity index (χ1v) is 3.52. The first-order chi connectivity index (χ1) is 3.68. The molecular weight excluding hydrogens is 110 g/mol. The molecule has 1 nitrogen and oxygen atoms in total. The molecule has 0 atom stereocenters. The molecule has 0 bridgehead atoms. The van der Waals surface area contributed by atoms with E-state index in [9.17, 15) is 0 Å². The fourth-order valence-electron chi connectivity index (χ4n) is 0.671. The Labute approximate surface area is 60.3 Å². The zero-order chi connectivity index (χ0) is 6.62. The van der Waals surface area contributed by atoms with Crippen molar-refractivity contribution in [2.24, 2.45) is 0 Å². The molecule has 0 amide bonds. The Kier molecular flexibility index (Phi) is 6.25. The van der Waals surface area contributed by atoms with E-state index in [0.29, 0.717) is 0 Å². The van der Waals surface area contributed by atoms with Crippen LogP contribution in [0.3, 0.4) is 0 Å². The molecule has 0 heterocycles. The Bertz CT molecular complexity index is 47.3. The molecule has 1 heteroatoms. The van der Waals surface area contributed by atoms with E-state index < -0.39 is 0 Å². The summed E-state index contributed by atoms with van der Waals surface area (Å²) in [5, 5.41) is 0. The zero-order valence-corrected chi connectivity index (χ0v) is 7.57. The van der Waals surface area contributed by atoms with E-state index in [4.69, 9.17) is 0 Å². The van der Waals surface area contributed by atoms with Crippen LogP contribution in [-0.4, -0.2) is 31.2 Å². The fraction of sp³-hybridized carbons (Fsp3) is 0.875. The van der Waals surface area contributed by atoms with E-state index in [1.807, 2.05) is 0 Å². The van der Waals surface area contributed by atoms with Crippen molar-refractivity contribution < 1.29 is 4.48 Å². The van der Waals surface area contributed by atoms with E-state index in [0.717, 1.165) is 0 Å². The molecule has 0 spiro atoms. The van der Waals surface area contributed by atoms with Crippen LogP contribution < -0.4 is 0 Å². The maximum Gasteiger partial charge on any atom is 0.0755 e. The van der Waals surface area contributed by atoms with Gasteiger partial charge in [0.15, 0.2) is 0 Å². The van der Waals surface area contributed by atoms with Gasteiger partial charge in [0.1, 0.15) is 0 Å². The summed E-state index contributed by atoms with van der Waals surface area (Å²) in [7, 11) is 2.29. The third-order valence-electron chi connectivity index (χ3n) is 2.29. The second-order valence-electron chi connectivity index (χ2n) is 2.57. The summed E-state index contributed by atoms with van der Waals surface area (Å²) in [6.45, 7) is 10.5. The van der Waals surface area contributed by atoms with E-state index >= 15 is 0 Å². The van der Waals surface area contributed by atoms with Crippen molar-refractivity contribution in [1.82, 2.24) is 0 Å². The van der Waals surface area contributed by atoms with Gasteiger partial charge < -0.3 is 4.48 Å². The summed E-state index contributed by atoms with van der Waals surface area (Å²) in [6.07, 6.45) is 0. The van der Waals surface area contributed by atoms with E-state index in [-0.39, 0.29) is 7.43 Å². The minimum Gasteiger partial charge on any atom is -0.327 e. The van der Waals surface area contributed by atoms with Crippen LogP contribution in [0.15, 0.2) is 0 Å². The van der Waals surface area contributed by atoms with Crippen molar-refractivity contribution in [1.29, 1.82) is 0 Å². The largest absolute Gasteiger partial charge is 0.327 e. The lowest BCUT2D eigenvalue weighted by atomic mass is 10.4. The summed E-state index contributed by atoms with van der Waals surface area (Å²) in [5.41, 5.74) is 0. The highest BCUT2D eigenvalue weighted by molar-refractivity contribution is 4.24. The van der Waals surface area contributed by atoms with Gasteiger partial charge in [-0.3, -0.25) is 0 Å². The molecule has 57 valence electrons. The maximum absolute atomic E-state index is 2.29. The summed E-state index contributed by atoms with van der Waals surface area (Å²) < 4.78 is 1.21. The Morgan fingerprint density at radius 1 is 0.889 bits per heavy atom. The third-order valence-corrected chi connectivity index (χ3v) is 2.29. The molecule has 0 N–H and O–H groups in total.